The summed E-state index contributed by atoms with van der Waals surface area (Å²) in [6.07, 6.45) is 3.56. The summed E-state index contributed by atoms with van der Waals surface area (Å²) in [5.74, 6) is 1.28. The number of carbonyl (C=O) groups excluding carboxylic acids is 1. The zero-order chi connectivity index (χ0) is 22.3. The predicted molar refractivity (Wildman–Crippen MR) is 122 cm³/mol. The van der Waals surface area contributed by atoms with Gasteiger partial charge in [-0.25, -0.2) is 9.50 Å². The van der Waals surface area contributed by atoms with E-state index in [9.17, 15) is 4.79 Å². The normalized spacial score (nSPS) is 15.3. The number of hydrogen-bond acceptors (Lipinski definition) is 5. The molecular formula is C26H23N3O3. The second-order valence-corrected chi connectivity index (χ2v) is 8.38. The van der Waals surface area contributed by atoms with Gasteiger partial charge in [0.25, 0.3) is 0 Å². The summed E-state index contributed by atoms with van der Waals surface area (Å²) >= 11 is 0. The van der Waals surface area contributed by atoms with Crippen molar-refractivity contribution in [2.75, 3.05) is 0 Å². The minimum absolute atomic E-state index is 0.0288. The number of benzene rings is 2. The third-order valence-corrected chi connectivity index (χ3v) is 5.49. The molecule has 2 aromatic carbocycles. The van der Waals surface area contributed by atoms with Gasteiger partial charge in [-0.1, -0.05) is 42.0 Å². The fraction of sp³-hybridized carbons (Fsp3) is 0.192. The van der Waals surface area contributed by atoms with Gasteiger partial charge >= 0.3 is 0 Å². The summed E-state index contributed by atoms with van der Waals surface area (Å²) in [4.78, 5) is 17.6. The van der Waals surface area contributed by atoms with Gasteiger partial charge in [-0.15, -0.1) is 0 Å². The lowest BCUT2D eigenvalue weighted by atomic mass is 9.92. The van der Waals surface area contributed by atoms with E-state index in [2.05, 4.69) is 10.1 Å². The maximum absolute atomic E-state index is 13.1. The van der Waals surface area contributed by atoms with E-state index >= 15 is 0 Å². The van der Waals surface area contributed by atoms with Crippen molar-refractivity contribution in [1.29, 1.82) is 0 Å². The Labute approximate surface area is 186 Å². The highest BCUT2D eigenvalue weighted by Crippen LogP contribution is 2.41. The standard InChI is InChI=1S/C26H23N3O3/c1-17-6-8-19(9-7-17)24-23(25(30)26(2,3)32-24)18-10-12-21(13-11-18)31-16-20-15-29-22(28-20)5-4-14-27-29/h4-15H,16H2,1-3H3. The first-order chi connectivity index (χ1) is 15.4. The molecule has 0 fully saturated rings. The first-order valence-corrected chi connectivity index (χ1v) is 10.5. The van der Waals surface area contributed by atoms with Gasteiger partial charge in [-0.3, -0.25) is 4.79 Å². The number of aryl methyl sites for hydroxylation is 1. The molecule has 0 spiro atoms. The van der Waals surface area contributed by atoms with E-state index < -0.39 is 5.60 Å². The number of hydrogen-bond donors (Lipinski definition) is 0. The van der Waals surface area contributed by atoms with E-state index in [1.165, 1.54) is 0 Å². The van der Waals surface area contributed by atoms with Gasteiger partial charge in [0.1, 0.15) is 18.1 Å². The molecule has 6 nitrogen and oxygen atoms in total. The van der Waals surface area contributed by atoms with Crippen molar-refractivity contribution in [1.82, 2.24) is 14.6 Å². The molecular weight excluding hydrogens is 402 g/mol. The number of aromatic nitrogens is 3. The highest BCUT2D eigenvalue weighted by Gasteiger charge is 2.42. The second kappa shape index (κ2) is 7.64. The molecule has 3 heterocycles. The van der Waals surface area contributed by atoms with Gasteiger partial charge in [-0.05, 0) is 50.6 Å². The molecule has 0 radical (unpaired) electrons. The molecule has 2 aromatic heterocycles. The quantitative estimate of drug-likeness (QED) is 0.457. The molecule has 32 heavy (non-hydrogen) atoms. The summed E-state index contributed by atoms with van der Waals surface area (Å²) < 4.78 is 13.7. The summed E-state index contributed by atoms with van der Waals surface area (Å²) in [6.45, 7) is 5.97. The third kappa shape index (κ3) is 3.64. The number of ketones is 1. The molecule has 5 rings (SSSR count). The van der Waals surface area contributed by atoms with Crippen molar-refractivity contribution >= 4 is 22.8 Å². The minimum Gasteiger partial charge on any atom is -0.487 e. The van der Waals surface area contributed by atoms with Crippen molar-refractivity contribution in [3.8, 4) is 5.75 Å². The van der Waals surface area contributed by atoms with Crippen LogP contribution in [0, 0.1) is 6.92 Å². The largest absolute Gasteiger partial charge is 0.487 e. The number of imidazole rings is 1. The molecule has 0 saturated carbocycles. The van der Waals surface area contributed by atoms with Crippen LogP contribution >= 0.6 is 0 Å². The zero-order valence-electron chi connectivity index (χ0n) is 18.2. The fourth-order valence-electron chi connectivity index (χ4n) is 3.75. The maximum atomic E-state index is 13.1. The summed E-state index contributed by atoms with van der Waals surface area (Å²) in [7, 11) is 0. The second-order valence-electron chi connectivity index (χ2n) is 8.38. The number of rotatable bonds is 5. The van der Waals surface area contributed by atoms with Crippen LogP contribution in [0.5, 0.6) is 5.75 Å². The number of nitrogens with zero attached hydrogens (tertiary/aromatic N) is 3. The van der Waals surface area contributed by atoms with E-state index in [1.54, 1.807) is 24.6 Å². The smallest absolute Gasteiger partial charge is 0.210 e. The van der Waals surface area contributed by atoms with E-state index in [0.29, 0.717) is 23.7 Å². The average Bonchev–Trinajstić information content (AvgIpc) is 3.31. The van der Waals surface area contributed by atoms with Gasteiger partial charge < -0.3 is 9.47 Å². The molecule has 0 bridgehead atoms. The van der Waals surface area contributed by atoms with Crippen LogP contribution in [0.4, 0.5) is 0 Å². The predicted octanol–water partition coefficient (Wildman–Crippen LogP) is 4.86. The van der Waals surface area contributed by atoms with Crippen molar-refractivity contribution in [2.45, 2.75) is 33.0 Å². The molecule has 0 atom stereocenters. The number of fused-ring (bicyclic) bond motifs is 1. The van der Waals surface area contributed by atoms with Gasteiger partial charge in [0, 0.05) is 11.8 Å². The van der Waals surface area contributed by atoms with Crippen LogP contribution in [-0.2, 0) is 16.1 Å². The monoisotopic (exact) mass is 425 g/mol. The Hall–Kier alpha value is -3.93. The Morgan fingerprint density at radius 1 is 1.00 bits per heavy atom. The van der Waals surface area contributed by atoms with Gasteiger partial charge in [0.15, 0.2) is 11.2 Å². The Kier molecular flexibility index (Phi) is 4.78. The first-order valence-electron chi connectivity index (χ1n) is 10.5. The van der Waals surface area contributed by atoms with E-state index in [-0.39, 0.29) is 5.78 Å². The summed E-state index contributed by atoms with van der Waals surface area (Å²) in [5.41, 5.74) is 4.12. The molecule has 0 N–H and O–H groups in total. The molecule has 0 saturated heterocycles. The van der Waals surface area contributed by atoms with Crippen molar-refractivity contribution in [3.63, 3.8) is 0 Å². The van der Waals surface area contributed by atoms with Crippen LogP contribution in [0.2, 0.25) is 0 Å². The van der Waals surface area contributed by atoms with Gasteiger partial charge in [0.05, 0.1) is 17.5 Å². The number of ether oxygens (including phenoxy) is 2. The molecule has 0 amide bonds. The topological polar surface area (TPSA) is 65.7 Å². The SMILES string of the molecule is Cc1ccc(C2=C(c3ccc(OCc4cn5ncccc5n4)cc3)C(=O)C(C)(C)O2)cc1. The molecule has 160 valence electrons. The molecule has 0 unspecified atom stereocenters. The van der Waals surface area contributed by atoms with Crippen LogP contribution in [-0.4, -0.2) is 26.0 Å². The lowest BCUT2D eigenvalue weighted by molar-refractivity contribution is -0.125. The van der Waals surface area contributed by atoms with Crippen LogP contribution in [0.1, 0.15) is 36.2 Å². The first kappa shape index (κ1) is 20.0. The zero-order valence-corrected chi connectivity index (χ0v) is 18.2. The number of carbonyl (C=O) groups is 1. The van der Waals surface area contributed by atoms with Crippen LogP contribution in [0.3, 0.4) is 0 Å². The van der Waals surface area contributed by atoms with E-state index in [1.807, 2.05) is 73.8 Å². The Morgan fingerprint density at radius 3 is 2.44 bits per heavy atom. The lowest BCUT2D eigenvalue weighted by Gasteiger charge is -2.17. The van der Waals surface area contributed by atoms with Crippen molar-refractivity contribution in [2.24, 2.45) is 0 Å². The third-order valence-electron chi connectivity index (χ3n) is 5.49. The molecule has 0 aliphatic carbocycles. The Balaban J connectivity index is 1.40. The highest BCUT2D eigenvalue weighted by molar-refractivity contribution is 6.32. The van der Waals surface area contributed by atoms with Crippen molar-refractivity contribution in [3.05, 3.63) is 95.4 Å². The minimum atomic E-state index is -0.901. The summed E-state index contributed by atoms with van der Waals surface area (Å²) in [6, 6.07) is 19.3. The lowest BCUT2D eigenvalue weighted by Crippen LogP contribution is -2.29. The molecule has 4 aromatic rings. The van der Waals surface area contributed by atoms with Gasteiger partial charge in [0.2, 0.25) is 5.78 Å². The molecule has 1 aliphatic heterocycles. The Bertz CT molecular complexity index is 1300. The van der Waals surface area contributed by atoms with Crippen molar-refractivity contribution < 1.29 is 14.3 Å². The summed E-state index contributed by atoms with van der Waals surface area (Å²) in [5, 5.41) is 4.22. The average molecular weight is 425 g/mol. The maximum Gasteiger partial charge on any atom is 0.210 e. The van der Waals surface area contributed by atoms with Gasteiger partial charge in [-0.2, -0.15) is 5.10 Å². The highest BCUT2D eigenvalue weighted by atomic mass is 16.5. The fourth-order valence-corrected chi connectivity index (χ4v) is 3.75. The van der Waals surface area contributed by atoms with E-state index in [4.69, 9.17) is 9.47 Å². The van der Waals surface area contributed by atoms with Crippen LogP contribution < -0.4 is 4.74 Å². The van der Waals surface area contributed by atoms with Crippen LogP contribution in [0.15, 0.2) is 73.1 Å². The Morgan fingerprint density at radius 2 is 1.72 bits per heavy atom. The van der Waals surface area contributed by atoms with Crippen LogP contribution in [0.25, 0.3) is 17.0 Å². The van der Waals surface area contributed by atoms with E-state index in [0.717, 1.165) is 28.0 Å². The molecule has 6 heteroatoms. The number of Topliss-reactive ketones (excluding diaryl/α,β-unsaturated/α-hetero) is 1. The molecule has 1 aliphatic rings.